The fourth-order valence-electron chi connectivity index (χ4n) is 3.11. The first-order valence-electron chi connectivity index (χ1n) is 8.19. The number of hydrogen-bond acceptors (Lipinski definition) is 4. The van der Waals surface area contributed by atoms with Gasteiger partial charge in [0.1, 0.15) is 5.75 Å². The van der Waals surface area contributed by atoms with E-state index in [1.165, 1.54) is 6.20 Å². The number of aromatic nitrogens is 3. The molecule has 2 aromatic carbocycles. The largest absolute Gasteiger partial charge is 0.497 e. The lowest BCUT2D eigenvalue weighted by Gasteiger charge is -2.41. The Morgan fingerprint density at radius 3 is 2.72 bits per heavy atom. The van der Waals surface area contributed by atoms with Gasteiger partial charge in [0.15, 0.2) is 5.69 Å². The highest BCUT2D eigenvalue weighted by Gasteiger charge is 2.35. The van der Waals surface area contributed by atoms with E-state index in [4.69, 9.17) is 4.74 Å². The lowest BCUT2D eigenvalue weighted by atomic mass is 9.94. The van der Waals surface area contributed by atoms with Crippen molar-refractivity contribution in [2.24, 2.45) is 0 Å². The second-order valence-electron chi connectivity index (χ2n) is 5.95. The minimum Gasteiger partial charge on any atom is -0.497 e. The van der Waals surface area contributed by atoms with Crippen molar-refractivity contribution in [2.75, 3.05) is 13.7 Å². The molecule has 25 heavy (non-hydrogen) atoms. The van der Waals surface area contributed by atoms with Crippen molar-refractivity contribution in [1.82, 2.24) is 19.9 Å². The number of para-hydroxylation sites is 1. The highest BCUT2D eigenvalue weighted by molar-refractivity contribution is 5.93. The standard InChI is InChI=1S/C19H18N4O2/c1-25-16-9-5-6-14(12-16)17-10-11-22(17)19(24)18-13-20-21-23(18)15-7-3-2-4-8-15/h2-9,12-13,17H,10-11H2,1H3/t17-/m0/s1. The monoisotopic (exact) mass is 334 g/mol. The van der Waals surface area contributed by atoms with Crippen LogP contribution in [-0.4, -0.2) is 39.5 Å². The van der Waals surface area contributed by atoms with Crippen LogP contribution in [0.2, 0.25) is 0 Å². The molecule has 126 valence electrons. The van der Waals surface area contributed by atoms with Crippen molar-refractivity contribution in [2.45, 2.75) is 12.5 Å². The van der Waals surface area contributed by atoms with E-state index in [2.05, 4.69) is 10.3 Å². The topological polar surface area (TPSA) is 60.2 Å². The Morgan fingerprint density at radius 2 is 2.00 bits per heavy atom. The molecule has 0 aliphatic carbocycles. The molecule has 1 amide bonds. The third-order valence-corrected chi connectivity index (χ3v) is 4.53. The van der Waals surface area contributed by atoms with E-state index >= 15 is 0 Å². The summed E-state index contributed by atoms with van der Waals surface area (Å²) >= 11 is 0. The molecule has 1 saturated heterocycles. The van der Waals surface area contributed by atoms with Crippen molar-refractivity contribution in [3.8, 4) is 11.4 Å². The van der Waals surface area contributed by atoms with Gasteiger partial charge in [-0.15, -0.1) is 5.10 Å². The van der Waals surface area contributed by atoms with E-state index in [0.29, 0.717) is 5.69 Å². The van der Waals surface area contributed by atoms with Crippen LogP contribution in [0.3, 0.4) is 0 Å². The number of benzene rings is 2. The molecule has 1 atom stereocenters. The van der Waals surface area contributed by atoms with E-state index in [0.717, 1.165) is 30.0 Å². The average Bonchev–Trinajstić information content (AvgIpc) is 3.11. The molecule has 0 saturated carbocycles. The van der Waals surface area contributed by atoms with Gasteiger partial charge in [-0.2, -0.15) is 0 Å². The average molecular weight is 334 g/mol. The van der Waals surface area contributed by atoms with Crippen LogP contribution in [0.4, 0.5) is 0 Å². The van der Waals surface area contributed by atoms with E-state index < -0.39 is 0 Å². The first kappa shape index (κ1) is 15.4. The molecule has 1 aliphatic rings. The van der Waals surface area contributed by atoms with Gasteiger partial charge in [0.25, 0.3) is 5.91 Å². The summed E-state index contributed by atoms with van der Waals surface area (Å²) in [7, 11) is 1.65. The Kier molecular flexibility index (Phi) is 3.93. The molecule has 3 aromatic rings. The van der Waals surface area contributed by atoms with Crippen molar-refractivity contribution < 1.29 is 9.53 Å². The van der Waals surface area contributed by atoms with Gasteiger partial charge < -0.3 is 9.64 Å². The van der Waals surface area contributed by atoms with Gasteiger partial charge in [-0.1, -0.05) is 35.5 Å². The number of hydrogen-bond donors (Lipinski definition) is 0. The summed E-state index contributed by atoms with van der Waals surface area (Å²) in [6, 6.07) is 17.5. The molecule has 0 N–H and O–H groups in total. The minimum absolute atomic E-state index is 0.0572. The first-order valence-corrected chi connectivity index (χ1v) is 8.19. The summed E-state index contributed by atoms with van der Waals surface area (Å²) in [5.74, 6) is 0.737. The van der Waals surface area contributed by atoms with Gasteiger partial charge in [-0.25, -0.2) is 4.68 Å². The Balaban J connectivity index is 1.61. The fourth-order valence-corrected chi connectivity index (χ4v) is 3.11. The molecule has 1 aliphatic heterocycles. The predicted molar refractivity (Wildman–Crippen MR) is 92.7 cm³/mol. The molecule has 0 bridgehead atoms. The number of likely N-dealkylation sites (tertiary alicyclic amines) is 1. The number of carbonyl (C=O) groups is 1. The van der Waals surface area contributed by atoms with E-state index in [9.17, 15) is 4.79 Å². The normalized spacial score (nSPS) is 16.4. The SMILES string of the molecule is COc1cccc([C@@H]2CCN2C(=O)c2cnnn2-c2ccccc2)c1. The molecule has 1 aromatic heterocycles. The molecule has 2 heterocycles. The molecule has 0 spiro atoms. The van der Waals surface area contributed by atoms with E-state index in [-0.39, 0.29) is 11.9 Å². The van der Waals surface area contributed by atoms with Crippen LogP contribution in [0.15, 0.2) is 60.8 Å². The maximum atomic E-state index is 13.0. The maximum Gasteiger partial charge on any atom is 0.274 e. The van der Waals surface area contributed by atoms with Gasteiger partial charge in [0.2, 0.25) is 0 Å². The highest BCUT2D eigenvalue weighted by Crippen LogP contribution is 2.35. The third-order valence-electron chi connectivity index (χ3n) is 4.53. The van der Waals surface area contributed by atoms with E-state index in [1.54, 1.807) is 11.8 Å². The number of nitrogens with zero attached hydrogens (tertiary/aromatic N) is 4. The van der Waals surface area contributed by atoms with Crippen molar-refractivity contribution in [3.63, 3.8) is 0 Å². The third kappa shape index (κ3) is 2.76. The van der Waals surface area contributed by atoms with Crippen LogP contribution in [0.5, 0.6) is 5.75 Å². The summed E-state index contributed by atoms with van der Waals surface area (Å²) in [5, 5.41) is 8.00. The van der Waals surface area contributed by atoms with Crippen LogP contribution in [0.1, 0.15) is 28.5 Å². The van der Waals surface area contributed by atoms with Gasteiger partial charge in [0, 0.05) is 6.54 Å². The first-order chi connectivity index (χ1) is 12.3. The molecule has 0 radical (unpaired) electrons. The quantitative estimate of drug-likeness (QED) is 0.736. The summed E-state index contributed by atoms with van der Waals surface area (Å²) < 4.78 is 6.88. The lowest BCUT2D eigenvalue weighted by molar-refractivity contribution is 0.0450. The zero-order chi connectivity index (χ0) is 17.2. The Morgan fingerprint density at radius 1 is 1.16 bits per heavy atom. The van der Waals surface area contributed by atoms with E-state index in [1.807, 2.05) is 59.5 Å². The van der Waals surface area contributed by atoms with Crippen molar-refractivity contribution in [3.05, 3.63) is 72.1 Å². The molecule has 4 rings (SSSR count). The molecule has 6 nitrogen and oxygen atoms in total. The molecule has 6 heteroatoms. The van der Waals surface area contributed by atoms with Crippen molar-refractivity contribution in [1.29, 1.82) is 0 Å². The number of carbonyl (C=O) groups excluding carboxylic acids is 1. The summed E-state index contributed by atoms with van der Waals surface area (Å²) in [4.78, 5) is 14.9. The molecule has 0 unspecified atom stereocenters. The smallest absolute Gasteiger partial charge is 0.274 e. The molecule has 1 fully saturated rings. The Labute approximate surface area is 145 Å². The fraction of sp³-hybridized carbons (Fsp3) is 0.211. The lowest BCUT2D eigenvalue weighted by Crippen LogP contribution is -2.45. The summed E-state index contributed by atoms with van der Waals surface area (Å²) in [6.45, 7) is 0.723. The van der Waals surface area contributed by atoms with Crippen LogP contribution in [0.25, 0.3) is 5.69 Å². The number of ether oxygens (including phenoxy) is 1. The number of methoxy groups -OCH3 is 1. The summed E-state index contributed by atoms with van der Waals surface area (Å²) in [6.07, 6.45) is 2.46. The summed E-state index contributed by atoms with van der Waals surface area (Å²) in [5.41, 5.74) is 2.37. The van der Waals surface area contributed by atoms with Crippen LogP contribution in [-0.2, 0) is 0 Å². The second-order valence-corrected chi connectivity index (χ2v) is 5.95. The van der Waals surface area contributed by atoms with Gasteiger partial charge >= 0.3 is 0 Å². The highest BCUT2D eigenvalue weighted by atomic mass is 16.5. The second kappa shape index (κ2) is 6.39. The van der Waals surface area contributed by atoms with Crippen LogP contribution < -0.4 is 4.74 Å². The maximum absolute atomic E-state index is 13.0. The van der Waals surface area contributed by atoms with Gasteiger partial charge in [-0.3, -0.25) is 4.79 Å². The zero-order valence-electron chi connectivity index (χ0n) is 13.9. The molecular weight excluding hydrogens is 316 g/mol. The minimum atomic E-state index is -0.0621. The Bertz CT molecular complexity index is 891. The van der Waals surface area contributed by atoms with Gasteiger partial charge in [0.05, 0.1) is 25.0 Å². The van der Waals surface area contributed by atoms with Crippen LogP contribution in [0, 0.1) is 0 Å². The predicted octanol–water partition coefficient (Wildman–Crippen LogP) is 2.86. The van der Waals surface area contributed by atoms with Crippen molar-refractivity contribution >= 4 is 5.91 Å². The molecular formula is C19H18N4O2. The number of rotatable bonds is 4. The van der Waals surface area contributed by atoms with Gasteiger partial charge in [-0.05, 0) is 36.2 Å². The Hall–Kier alpha value is -3.15. The van der Waals surface area contributed by atoms with Crippen LogP contribution >= 0.6 is 0 Å². The zero-order valence-corrected chi connectivity index (χ0v) is 13.9. The number of amides is 1.